The lowest BCUT2D eigenvalue weighted by atomic mass is 10.2. The lowest BCUT2D eigenvalue weighted by molar-refractivity contribution is 0.0740. The van der Waals surface area contributed by atoms with Crippen molar-refractivity contribution in [3.8, 4) is 0 Å². The Hall–Kier alpha value is -2.67. The van der Waals surface area contributed by atoms with Crippen LogP contribution in [0, 0.1) is 13.8 Å². The van der Waals surface area contributed by atoms with Crippen LogP contribution in [0.25, 0.3) is 0 Å². The van der Waals surface area contributed by atoms with Gasteiger partial charge in [0.1, 0.15) is 17.3 Å². The largest absolute Gasteiger partial charge is 0.369 e. The molecule has 150 valence electrons. The first-order chi connectivity index (χ1) is 13.4. The van der Waals surface area contributed by atoms with Crippen LogP contribution in [0.15, 0.2) is 30.3 Å². The van der Waals surface area contributed by atoms with E-state index in [2.05, 4.69) is 56.3 Å². The van der Waals surface area contributed by atoms with Crippen molar-refractivity contribution in [3.05, 3.63) is 47.4 Å². The van der Waals surface area contributed by atoms with E-state index in [1.54, 1.807) is 6.07 Å². The van der Waals surface area contributed by atoms with Gasteiger partial charge in [0.05, 0.1) is 0 Å². The molecule has 0 unspecified atom stereocenters. The van der Waals surface area contributed by atoms with E-state index in [0.717, 1.165) is 26.2 Å². The Kier molecular flexibility index (Phi) is 6.46. The number of hydrogen-bond acceptors (Lipinski definition) is 6. The molecule has 1 aliphatic rings. The Labute approximate surface area is 167 Å². The summed E-state index contributed by atoms with van der Waals surface area (Å²) in [4.78, 5) is 28.1. The van der Waals surface area contributed by atoms with Gasteiger partial charge in [-0.2, -0.15) is 0 Å². The number of nitrogens with zero attached hydrogens (tertiary/aromatic N) is 5. The number of carbonyl (C=O) groups is 1. The van der Waals surface area contributed by atoms with Crippen molar-refractivity contribution >= 4 is 17.4 Å². The highest BCUT2D eigenvalue weighted by molar-refractivity contribution is 5.93. The monoisotopic (exact) mass is 382 g/mol. The van der Waals surface area contributed by atoms with Gasteiger partial charge < -0.3 is 20.0 Å². The average Bonchev–Trinajstić information content (AvgIpc) is 2.67. The molecule has 1 fully saturated rings. The van der Waals surface area contributed by atoms with Crippen molar-refractivity contribution in [3.63, 3.8) is 0 Å². The van der Waals surface area contributed by atoms with E-state index in [-0.39, 0.29) is 5.91 Å². The first-order valence-corrected chi connectivity index (χ1v) is 9.77. The Bertz CT molecular complexity index is 814. The van der Waals surface area contributed by atoms with Crippen LogP contribution in [-0.2, 0) is 0 Å². The third-order valence-corrected chi connectivity index (χ3v) is 4.86. The molecule has 1 aliphatic heterocycles. The highest BCUT2D eigenvalue weighted by Crippen LogP contribution is 2.19. The molecule has 1 N–H and O–H groups in total. The van der Waals surface area contributed by atoms with E-state index in [9.17, 15) is 4.79 Å². The minimum absolute atomic E-state index is 0.0231. The summed E-state index contributed by atoms with van der Waals surface area (Å²) in [6.45, 7) is 8.63. The summed E-state index contributed by atoms with van der Waals surface area (Å²) in [5, 5.41) is 3.28. The molecule has 7 heteroatoms. The summed E-state index contributed by atoms with van der Waals surface area (Å²) in [7, 11) is 4.05. The molecule has 1 amide bonds. The van der Waals surface area contributed by atoms with E-state index in [0.29, 0.717) is 30.4 Å². The molecule has 0 bridgehead atoms. The molecule has 1 aromatic heterocycles. The SMILES string of the molecule is Cc1cccc(N2CCN(C(=O)c3cc(NCCN(C)C)nc(C)n3)CC2)c1. The lowest BCUT2D eigenvalue weighted by Crippen LogP contribution is -2.49. The average molecular weight is 383 g/mol. The second-order valence-electron chi connectivity index (χ2n) is 7.53. The molecule has 0 aliphatic carbocycles. The fourth-order valence-electron chi connectivity index (χ4n) is 3.33. The van der Waals surface area contributed by atoms with Gasteiger partial charge in [-0.05, 0) is 45.6 Å². The number of rotatable bonds is 6. The van der Waals surface area contributed by atoms with Crippen LogP contribution in [-0.4, -0.2) is 79.0 Å². The van der Waals surface area contributed by atoms with Gasteiger partial charge in [0, 0.05) is 51.0 Å². The van der Waals surface area contributed by atoms with E-state index < -0.39 is 0 Å². The van der Waals surface area contributed by atoms with Crippen LogP contribution in [0.2, 0.25) is 0 Å². The molecular formula is C21H30N6O. The highest BCUT2D eigenvalue weighted by Gasteiger charge is 2.24. The number of benzene rings is 1. The van der Waals surface area contributed by atoms with E-state index in [1.807, 2.05) is 25.9 Å². The second-order valence-corrected chi connectivity index (χ2v) is 7.53. The van der Waals surface area contributed by atoms with Crippen molar-refractivity contribution in [1.82, 2.24) is 19.8 Å². The molecule has 7 nitrogen and oxygen atoms in total. The van der Waals surface area contributed by atoms with Gasteiger partial charge in [0.25, 0.3) is 5.91 Å². The Morgan fingerprint density at radius 1 is 1.11 bits per heavy atom. The topological polar surface area (TPSA) is 64.6 Å². The fourth-order valence-corrected chi connectivity index (χ4v) is 3.33. The number of nitrogens with one attached hydrogen (secondary N) is 1. The second kappa shape index (κ2) is 9.01. The van der Waals surface area contributed by atoms with E-state index >= 15 is 0 Å². The molecule has 0 atom stereocenters. The number of likely N-dealkylation sites (N-methyl/N-ethyl adjacent to an activating group) is 1. The molecule has 3 rings (SSSR count). The van der Waals surface area contributed by atoms with Crippen molar-refractivity contribution in [2.24, 2.45) is 0 Å². The molecule has 0 spiro atoms. The zero-order chi connectivity index (χ0) is 20.1. The number of hydrogen-bond donors (Lipinski definition) is 1. The van der Waals surface area contributed by atoms with E-state index in [4.69, 9.17) is 0 Å². The molecule has 1 saturated heterocycles. The lowest BCUT2D eigenvalue weighted by Gasteiger charge is -2.36. The number of aromatic nitrogens is 2. The predicted octanol–water partition coefficient (Wildman–Crippen LogP) is 2.03. The van der Waals surface area contributed by atoms with Gasteiger partial charge in [-0.25, -0.2) is 9.97 Å². The molecule has 2 aromatic rings. The zero-order valence-electron chi connectivity index (χ0n) is 17.3. The van der Waals surface area contributed by atoms with Crippen LogP contribution in [0.4, 0.5) is 11.5 Å². The molecule has 2 heterocycles. The molecular weight excluding hydrogens is 352 g/mol. The van der Waals surface area contributed by atoms with Crippen molar-refractivity contribution < 1.29 is 4.79 Å². The van der Waals surface area contributed by atoms with Gasteiger partial charge in [0.2, 0.25) is 0 Å². The third kappa shape index (κ3) is 5.19. The Balaban J connectivity index is 1.62. The van der Waals surface area contributed by atoms with Gasteiger partial charge in [0.15, 0.2) is 0 Å². The Morgan fingerprint density at radius 3 is 2.54 bits per heavy atom. The molecule has 0 radical (unpaired) electrons. The summed E-state index contributed by atoms with van der Waals surface area (Å²) in [6, 6.07) is 10.3. The van der Waals surface area contributed by atoms with Crippen LogP contribution < -0.4 is 10.2 Å². The summed E-state index contributed by atoms with van der Waals surface area (Å²) in [6.07, 6.45) is 0. The third-order valence-electron chi connectivity index (χ3n) is 4.86. The smallest absolute Gasteiger partial charge is 0.272 e. The van der Waals surface area contributed by atoms with Crippen molar-refractivity contribution in [2.45, 2.75) is 13.8 Å². The number of aryl methyl sites for hydroxylation is 2. The first kappa shape index (κ1) is 20.1. The normalized spacial score (nSPS) is 14.5. The van der Waals surface area contributed by atoms with Crippen LogP contribution >= 0.6 is 0 Å². The molecule has 28 heavy (non-hydrogen) atoms. The standard InChI is InChI=1S/C21H30N6O/c1-16-6-5-7-18(14-16)26-10-12-27(13-11-26)21(28)19-15-20(24-17(2)23-19)22-8-9-25(3)4/h5-7,14-15H,8-13H2,1-4H3,(H,22,23,24). The van der Waals surface area contributed by atoms with Gasteiger partial charge in [-0.15, -0.1) is 0 Å². The van der Waals surface area contributed by atoms with E-state index in [1.165, 1.54) is 11.3 Å². The maximum absolute atomic E-state index is 13.0. The number of amides is 1. The van der Waals surface area contributed by atoms with Crippen LogP contribution in [0.1, 0.15) is 21.9 Å². The predicted molar refractivity (Wildman–Crippen MR) is 113 cm³/mol. The maximum Gasteiger partial charge on any atom is 0.272 e. The highest BCUT2D eigenvalue weighted by atomic mass is 16.2. The number of anilines is 2. The van der Waals surface area contributed by atoms with Crippen molar-refractivity contribution in [2.75, 3.05) is 63.6 Å². The molecule has 0 saturated carbocycles. The number of carbonyl (C=O) groups excluding carboxylic acids is 1. The Morgan fingerprint density at radius 2 is 1.86 bits per heavy atom. The quantitative estimate of drug-likeness (QED) is 0.825. The maximum atomic E-state index is 13.0. The fraction of sp³-hybridized carbons (Fsp3) is 0.476. The first-order valence-electron chi connectivity index (χ1n) is 9.77. The molecule has 1 aromatic carbocycles. The summed E-state index contributed by atoms with van der Waals surface area (Å²) < 4.78 is 0. The zero-order valence-corrected chi connectivity index (χ0v) is 17.3. The van der Waals surface area contributed by atoms with Gasteiger partial charge >= 0.3 is 0 Å². The van der Waals surface area contributed by atoms with Crippen LogP contribution in [0.5, 0.6) is 0 Å². The summed E-state index contributed by atoms with van der Waals surface area (Å²) in [5.41, 5.74) is 2.93. The minimum atomic E-state index is -0.0231. The van der Waals surface area contributed by atoms with Crippen LogP contribution in [0.3, 0.4) is 0 Å². The summed E-state index contributed by atoms with van der Waals surface area (Å²) >= 11 is 0. The summed E-state index contributed by atoms with van der Waals surface area (Å²) in [5.74, 6) is 1.29. The van der Waals surface area contributed by atoms with Crippen molar-refractivity contribution in [1.29, 1.82) is 0 Å². The minimum Gasteiger partial charge on any atom is -0.369 e. The van der Waals surface area contributed by atoms with Gasteiger partial charge in [-0.1, -0.05) is 12.1 Å². The number of piperazine rings is 1. The van der Waals surface area contributed by atoms with Gasteiger partial charge in [-0.3, -0.25) is 4.79 Å².